The highest BCUT2D eigenvalue weighted by molar-refractivity contribution is 5.83. The lowest BCUT2D eigenvalue weighted by Gasteiger charge is -2.31. The Balaban J connectivity index is 1.05. The van der Waals surface area contributed by atoms with Gasteiger partial charge in [0.15, 0.2) is 0 Å². The molecule has 0 atom stereocenters. The first-order chi connectivity index (χ1) is 27.8. The number of hydrogen-bond donors (Lipinski definition) is 0. The van der Waals surface area contributed by atoms with Crippen molar-refractivity contribution in [3.63, 3.8) is 0 Å². The highest BCUT2D eigenvalue weighted by atomic mass is 16.5. The summed E-state index contributed by atoms with van der Waals surface area (Å²) < 4.78 is 33.0. The summed E-state index contributed by atoms with van der Waals surface area (Å²) >= 11 is 0. The van der Waals surface area contributed by atoms with E-state index in [2.05, 4.69) is 15.0 Å². The van der Waals surface area contributed by atoms with Gasteiger partial charge in [0, 0.05) is 16.7 Å². The highest BCUT2D eigenvalue weighted by Gasteiger charge is 2.41. The molecule has 1 aliphatic carbocycles. The van der Waals surface area contributed by atoms with Crippen LogP contribution in [0, 0.1) is 17.8 Å². The maximum Gasteiger partial charge on any atom is 0.314 e. The third kappa shape index (κ3) is 9.42. The fraction of sp³-hybridized carbons (Fsp3) is 0.200. The van der Waals surface area contributed by atoms with Gasteiger partial charge in [0.1, 0.15) is 34.5 Å². The highest BCUT2D eigenvalue weighted by Crippen LogP contribution is 2.37. The van der Waals surface area contributed by atoms with E-state index in [0.29, 0.717) is 17.1 Å². The quantitative estimate of drug-likeness (QED) is 0.111. The summed E-state index contributed by atoms with van der Waals surface area (Å²) in [7, 11) is 4.79. The van der Waals surface area contributed by atoms with Gasteiger partial charge >= 0.3 is 17.9 Å². The third-order valence-corrected chi connectivity index (χ3v) is 9.73. The van der Waals surface area contributed by atoms with Crippen molar-refractivity contribution < 1.29 is 42.8 Å². The fourth-order valence-corrected chi connectivity index (χ4v) is 6.61. The number of aromatic nitrogens is 3. The normalized spacial score (nSPS) is 16.2. The van der Waals surface area contributed by atoms with Crippen molar-refractivity contribution in [3.05, 3.63) is 128 Å². The van der Waals surface area contributed by atoms with E-state index in [0.717, 1.165) is 33.9 Å². The molecule has 3 aromatic carbocycles. The minimum Gasteiger partial charge on any atom is -0.497 e. The smallest absolute Gasteiger partial charge is 0.314 e. The maximum atomic E-state index is 13.7. The van der Waals surface area contributed by atoms with Crippen LogP contribution in [0.3, 0.4) is 0 Å². The molecule has 0 unspecified atom stereocenters. The van der Waals surface area contributed by atoms with Crippen LogP contribution >= 0.6 is 0 Å². The van der Waals surface area contributed by atoms with E-state index < -0.39 is 35.7 Å². The van der Waals surface area contributed by atoms with Gasteiger partial charge in [-0.15, -0.1) is 0 Å². The number of hydrogen-bond acceptors (Lipinski definition) is 12. The van der Waals surface area contributed by atoms with Crippen LogP contribution in [-0.4, -0.2) is 54.2 Å². The first kappa shape index (κ1) is 38.2. The number of rotatable bonds is 12. The molecule has 0 saturated heterocycles. The lowest BCUT2D eigenvalue weighted by atomic mass is 9.75. The SMILES string of the molecule is COc1ccc(-c2ccc(OC(=O)C3CC(C(=O)Oc4ccc(-c5ccc(OC)cc5)nc4)CC(C(=O)Oc4ccc(-c5ccc(OC)cc5)nc4)C3)cn2)cc1. The van der Waals surface area contributed by atoms with Gasteiger partial charge in [-0.1, -0.05) is 0 Å². The maximum absolute atomic E-state index is 13.7. The average molecular weight is 766 g/mol. The monoisotopic (exact) mass is 765 g/mol. The molecule has 0 spiro atoms. The minimum atomic E-state index is -0.818. The molecule has 6 aromatic rings. The summed E-state index contributed by atoms with van der Waals surface area (Å²) in [5.74, 6) is -1.39. The van der Waals surface area contributed by atoms with Crippen molar-refractivity contribution >= 4 is 17.9 Å². The molecule has 0 amide bonds. The Morgan fingerprint density at radius 3 is 0.842 bits per heavy atom. The average Bonchev–Trinajstić information content (AvgIpc) is 3.27. The third-order valence-electron chi connectivity index (χ3n) is 9.73. The second-order valence-electron chi connectivity index (χ2n) is 13.4. The van der Waals surface area contributed by atoms with Gasteiger partial charge in [-0.3, -0.25) is 29.3 Å². The van der Waals surface area contributed by atoms with Crippen LogP contribution in [0.1, 0.15) is 19.3 Å². The molecule has 12 nitrogen and oxygen atoms in total. The Labute approximate surface area is 329 Å². The number of nitrogens with zero attached hydrogens (tertiary/aromatic N) is 3. The zero-order valence-corrected chi connectivity index (χ0v) is 31.5. The summed E-state index contributed by atoms with van der Waals surface area (Å²) in [6.45, 7) is 0. The number of carbonyl (C=O) groups is 3. The molecular formula is C45H39N3O9. The topological polar surface area (TPSA) is 145 Å². The number of pyridine rings is 3. The van der Waals surface area contributed by atoms with Gasteiger partial charge in [-0.2, -0.15) is 0 Å². The van der Waals surface area contributed by atoms with Crippen LogP contribution in [0.4, 0.5) is 0 Å². The van der Waals surface area contributed by atoms with Crippen LogP contribution in [0.5, 0.6) is 34.5 Å². The molecule has 288 valence electrons. The largest absolute Gasteiger partial charge is 0.497 e. The predicted octanol–water partition coefficient (Wildman–Crippen LogP) is 8.05. The first-order valence-corrected chi connectivity index (χ1v) is 18.2. The molecule has 3 heterocycles. The van der Waals surface area contributed by atoms with Crippen LogP contribution < -0.4 is 28.4 Å². The molecule has 7 rings (SSSR count). The Morgan fingerprint density at radius 1 is 0.386 bits per heavy atom. The molecule has 1 saturated carbocycles. The van der Waals surface area contributed by atoms with Crippen LogP contribution in [0.15, 0.2) is 128 Å². The molecule has 1 aliphatic rings. The Kier molecular flexibility index (Phi) is 11.8. The molecule has 0 bridgehead atoms. The van der Waals surface area contributed by atoms with Crippen LogP contribution in [0.25, 0.3) is 33.8 Å². The van der Waals surface area contributed by atoms with E-state index in [4.69, 9.17) is 28.4 Å². The van der Waals surface area contributed by atoms with E-state index in [1.807, 2.05) is 72.8 Å². The summed E-state index contributed by atoms with van der Waals surface area (Å²) in [6, 6.07) is 32.4. The van der Waals surface area contributed by atoms with Gasteiger partial charge in [0.25, 0.3) is 0 Å². The number of esters is 3. The number of ether oxygens (including phenoxy) is 6. The fourth-order valence-electron chi connectivity index (χ4n) is 6.61. The first-order valence-electron chi connectivity index (χ1n) is 18.2. The van der Waals surface area contributed by atoms with Gasteiger partial charge in [-0.25, -0.2) is 0 Å². The van der Waals surface area contributed by atoms with Gasteiger partial charge in [-0.05, 0) is 128 Å². The molecule has 57 heavy (non-hydrogen) atoms. The van der Waals surface area contributed by atoms with Crippen molar-refractivity contribution in [1.82, 2.24) is 15.0 Å². The van der Waals surface area contributed by atoms with Crippen LogP contribution in [0.2, 0.25) is 0 Å². The summed E-state index contributed by atoms with van der Waals surface area (Å²) in [4.78, 5) is 54.4. The van der Waals surface area contributed by atoms with E-state index in [1.165, 1.54) is 18.6 Å². The number of carbonyl (C=O) groups excluding carboxylic acids is 3. The predicted molar refractivity (Wildman–Crippen MR) is 210 cm³/mol. The van der Waals surface area contributed by atoms with E-state index in [9.17, 15) is 14.4 Å². The minimum absolute atomic E-state index is 0.105. The second kappa shape index (κ2) is 17.6. The van der Waals surface area contributed by atoms with E-state index in [1.54, 1.807) is 57.7 Å². The van der Waals surface area contributed by atoms with E-state index in [-0.39, 0.29) is 36.5 Å². The summed E-state index contributed by atoms with van der Waals surface area (Å²) in [6.07, 6.45) is 4.70. The molecule has 1 fully saturated rings. The van der Waals surface area contributed by atoms with Crippen molar-refractivity contribution in [2.45, 2.75) is 19.3 Å². The zero-order chi connectivity index (χ0) is 39.7. The Bertz CT molecular complexity index is 2030. The summed E-state index contributed by atoms with van der Waals surface area (Å²) in [5, 5.41) is 0. The second-order valence-corrected chi connectivity index (χ2v) is 13.4. The van der Waals surface area contributed by atoms with Gasteiger partial charge < -0.3 is 28.4 Å². The van der Waals surface area contributed by atoms with E-state index >= 15 is 0 Å². The standard InChI is InChI=1S/C45H39N3O9/c1-52-34-10-4-28(5-11-34)40-19-16-37(25-46-40)55-43(49)31-22-32(44(50)56-38-17-20-41(47-26-38)29-6-12-35(53-2)13-7-29)24-33(23-31)45(51)57-39-18-21-42(48-27-39)30-8-14-36(54-3)15-9-30/h4-21,25-27,31-33H,22-24H2,1-3H3. The lowest BCUT2D eigenvalue weighted by Crippen LogP contribution is -2.39. The van der Waals surface area contributed by atoms with Crippen molar-refractivity contribution in [2.75, 3.05) is 21.3 Å². The van der Waals surface area contributed by atoms with Crippen LogP contribution in [-0.2, 0) is 14.4 Å². The molecule has 3 aromatic heterocycles. The molecule has 0 radical (unpaired) electrons. The number of benzene rings is 3. The van der Waals surface area contributed by atoms with Crippen molar-refractivity contribution in [1.29, 1.82) is 0 Å². The number of methoxy groups -OCH3 is 3. The Morgan fingerprint density at radius 2 is 0.632 bits per heavy atom. The zero-order valence-electron chi connectivity index (χ0n) is 31.5. The Hall–Kier alpha value is -7.08. The molecule has 12 heteroatoms. The molecule has 0 aliphatic heterocycles. The molecule has 0 N–H and O–H groups in total. The molecular weight excluding hydrogens is 727 g/mol. The van der Waals surface area contributed by atoms with Crippen molar-refractivity contribution in [3.8, 4) is 68.3 Å². The van der Waals surface area contributed by atoms with Gasteiger partial charge in [0.2, 0.25) is 0 Å². The van der Waals surface area contributed by atoms with Gasteiger partial charge in [0.05, 0.1) is 74.8 Å². The summed E-state index contributed by atoms with van der Waals surface area (Å²) in [5.41, 5.74) is 4.62. The van der Waals surface area contributed by atoms with Crippen molar-refractivity contribution in [2.24, 2.45) is 17.8 Å². The lowest BCUT2D eigenvalue weighted by molar-refractivity contribution is -0.150.